The second-order valence-electron chi connectivity index (χ2n) is 5.33. The summed E-state index contributed by atoms with van der Waals surface area (Å²) in [7, 11) is 0. The van der Waals surface area contributed by atoms with Crippen molar-refractivity contribution in [3.63, 3.8) is 0 Å². The summed E-state index contributed by atoms with van der Waals surface area (Å²) in [4.78, 5) is 2.55. The molecule has 1 unspecified atom stereocenters. The number of halogens is 2. The molecule has 0 spiro atoms. The van der Waals surface area contributed by atoms with Gasteiger partial charge in [-0.05, 0) is 44.0 Å². The maximum absolute atomic E-state index is 6.19. The van der Waals surface area contributed by atoms with E-state index in [1.54, 1.807) is 0 Å². The Kier molecular flexibility index (Phi) is 3.81. The highest BCUT2D eigenvalue weighted by atomic mass is 35.5. The molecule has 1 aromatic carbocycles. The van der Waals surface area contributed by atoms with Crippen LogP contribution in [0, 0.1) is 5.92 Å². The molecule has 0 radical (unpaired) electrons. The Morgan fingerprint density at radius 3 is 2.39 bits per heavy atom. The van der Waals surface area contributed by atoms with Crippen LogP contribution in [0.1, 0.15) is 18.4 Å². The number of benzene rings is 1. The highest BCUT2D eigenvalue weighted by molar-refractivity contribution is 6.35. The van der Waals surface area contributed by atoms with Crippen molar-refractivity contribution in [2.75, 3.05) is 19.6 Å². The van der Waals surface area contributed by atoms with E-state index in [0.29, 0.717) is 6.04 Å². The van der Waals surface area contributed by atoms with E-state index >= 15 is 0 Å². The van der Waals surface area contributed by atoms with Crippen LogP contribution in [0.2, 0.25) is 10.0 Å². The fourth-order valence-corrected chi connectivity index (χ4v) is 3.66. The van der Waals surface area contributed by atoms with Gasteiger partial charge < -0.3 is 10.2 Å². The van der Waals surface area contributed by atoms with Gasteiger partial charge in [-0.1, -0.05) is 29.3 Å². The van der Waals surface area contributed by atoms with Crippen LogP contribution in [0.25, 0.3) is 0 Å². The van der Waals surface area contributed by atoms with Gasteiger partial charge in [-0.3, -0.25) is 0 Å². The second kappa shape index (κ2) is 5.38. The zero-order chi connectivity index (χ0) is 12.5. The number of nitrogens with zero attached hydrogens (tertiary/aromatic N) is 1. The van der Waals surface area contributed by atoms with Crippen LogP contribution in [0.5, 0.6) is 0 Å². The predicted octanol–water partition coefficient (Wildman–Crippen LogP) is 3.18. The fraction of sp³-hybridized carbons (Fsp3) is 0.571. The minimum atomic E-state index is 0.597. The van der Waals surface area contributed by atoms with Gasteiger partial charge in [0.1, 0.15) is 0 Å². The molecule has 1 atom stereocenters. The second-order valence-corrected chi connectivity index (χ2v) is 6.14. The first-order valence-corrected chi connectivity index (χ1v) is 7.38. The number of hydrogen-bond donors (Lipinski definition) is 1. The van der Waals surface area contributed by atoms with Crippen molar-refractivity contribution in [3.05, 3.63) is 33.8 Å². The first kappa shape index (κ1) is 12.7. The van der Waals surface area contributed by atoms with Crippen LogP contribution >= 0.6 is 23.2 Å². The summed E-state index contributed by atoms with van der Waals surface area (Å²) in [6, 6.07) is 6.30. The van der Waals surface area contributed by atoms with Gasteiger partial charge in [0.25, 0.3) is 0 Å². The normalized spacial score (nSPS) is 30.7. The number of hydrogen-bond acceptors (Lipinski definition) is 2. The van der Waals surface area contributed by atoms with Crippen molar-refractivity contribution < 1.29 is 0 Å². The molecular weight excluding hydrogens is 267 g/mol. The van der Waals surface area contributed by atoms with Crippen molar-refractivity contribution in [1.82, 2.24) is 10.2 Å². The third-order valence-electron chi connectivity index (χ3n) is 4.26. The SMILES string of the molecule is Clc1cccc(Cl)c1CNC1CN2CCC1CC2. The van der Waals surface area contributed by atoms with Crippen molar-refractivity contribution in [2.45, 2.75) is 25.4 Å². The van der Waals surface area contributed by atoms with Crippen LogP contribution in [-0.2, 0) is 6.54 Å². The van der Waals surface area contributed by atoms with Crippen molar-refractivity contribution >= 4 is 23.2 Å². The molecule has 4 heteroatoms. The Balaban J connectivity index is 1.64. The number of piperidine rings is 3. The Bertz CT molecular complexity index is 408. The Labute approximate surface area is 118 Å². The van der Waals surface area contributed by atoms with Gasteiger partial charge in [-0.2, -0.15) is 0 Å². The molecule has 4 rings (SSSR count). The van der Waals surface area contributed by atoms with Crippen LogP contribution < -0.4 is 5.32 Å². The van der Waals surface area contributed by atoms with Crippen molar-refractivity contribution in [1.29, 1.82) is 0 Å². The molecule has 18 heavy (non-hydrogen) atoms. The van der Waals surface area contributed by atoms with Gasteiger partial charge in [-0.15, -0.1) is 0 Å². The van der Waals surface area contributed by atoms with E-state index < -0.39 is 0 Å². The first-order chi connectivity index (χ1) is 8.74. The third kappa shape index (κ3) is 2.53. The lowest BCUT2D eigenvalue weighted by Crippen LogP contribution is -2.55. The van der Waals surface area contributed by atoms with E-state index in [-0.39, 0.29) is 0 Å². The molecule has 3 fully saturated rings. The summed E-state index contributed by atoms with van der Waals surface area (Å²) in [5.41, 5.74) is 1.03. The van der Waals surface area contributed by atoms with Crippen molar-refractivity contribution in [3.8, 4) is 0 Å². The van der Waals surface area contributed by atoms with Crippen LogP contribution in [0.4, 0.5) is 0 Å². The molecule has 3 aliphatic rings. The largest absolute Gasteiger partial charge is 0.308 e. The molecule has 0 aromatic heterocycles. The smallest absolute Gasteiger partial charge is 0.0465 e. The minimum absolute atomic E-state index is 0.597. The highest BCUT2D eigenvalue weighted by Gasteiger charge is 2.33. The van der Waals surface area contributed by atoms with Gasteiger partial charge in [-0.25, -0.2) is 0 Å². The summed E-state index contributed by atoms with van der Waals surface area (Å²) >= 11 is 12.4. The summed E-state index contributed by atoms with van der Waals surface area (Å²) in [5, 5.41) is 5.16. The lowest BCUT2D eigenvalue weighted by molar-refractivity contribution is 0.0720. The third-order valence-corrected chi connectivity index (χ3v) is 4.97. The van der Waals surface area contributed by atoms with Crippen molar-refractivity contribution in [2.24, 2.45) is 5.92 Å². The van der Waals surface area contributed by atoms with Crippen LogP contribution in [0.3, 0.4) is 0 Å². The van der Waals surface area contributed by atoms with Gasteiger partial charge in [0, 0.05) is 34.7 Å². The summed E-state index contributed by atoms with van der Waals surface area (Å²) < 4.78 is 0. The molecule has 98 valence electrons. The van der Waals surface area contributed by atoms with Gasteiger partial charge >= 0.3 is 0 Å². The van der Waals surface area contributed by atoms with E-state index in [1.807, 2.05) is 18.2 Å². The van der Waals surface area contributed by atoms with Gasteiger partial charge in [0.05, 0.1) is 0 Å². The molecular formula is C14H18Cl2N2. The molecule has 2 nitrogen and oxygen atoms in total. The standard InChI is InChI=1S/C14H18Cl2N2/c15-12-2-1-3-13(16)11(12)8-17-14-9-18-6-4-10(14)5-7-18/h1-3,10,14,17H,4-9H2. The monoisotopic (exact) mass is 284 g/mol. The molecule has 2 bridgehead atoms. The molecule has 0 saturated carbocycles. The highest BCUT2D eigenvalue weighted by Crippen LogP contribution is 2.29. The van der Waals surface area contributed by atoms with Crippen LogP contribution in [0.15, 0.2) is 18.2 Å². The number of fused-ring (bicyclic) bond motifs is 3. The van der Waals surface area contributed by atoms with E-state index in [2.05, 4.69) is 10.2 Å². The summed E-state index contributed by atoms with van der Waals surface area (Å²) in [6.07, 6.45) is 2.65. The lowest BCUT2D eigenvalue weighted by Gasteiger charge is -2.45. The van der Waals surface area contributed by atoms with E-state index in [1.165, 1.54) is 32.5 Å². The van der Waals surface area contributed by atoms with Gasteiger partial charge in [0.15, 0.2) is 0 Å². The predicted molar refractivity (Wildman–Crippen MR) is 76.3 cm³/mol. The Morgan fingerprint density at radius 2 is 1.83 bits per heavy atom. The molecule has 1 N–H and O–H groups in total. The average molecular weight is 285 g/mol. The topological polar surface area (TPSA) is 15.3 Å². The molecule has 0 amide bonds. The van der Waals surface area contributed by atoms with E-state index in [0.717, 1.165) is 28.1 Å². The lowest BCUT2D eigenvalue weighted by atomic mass is 9.84. The Morgan fingerprint density at radius 1 is 1.17 bits per heavy atom. The van der Waals surface area contributed by atoms with E-state index in [4.69, 9.17) is 23.2 Å². The number of nitrogens with one attached hydrogen (secondary N) is 1. The maximum Gasteiger partial charge on any atom is 0.0465 e. The zero-order valence-corrected chi connectivity index (χ0v) is 11.8. The zero-order valence-electron chi connectivity index (χ0n) is 10.3. The molecule has 3 aliphatic heterocycles. The quantitative estimate of drug-likeness (QED) is 0.917. The molecule has 3 saturated heterocycles. The van der Waals surface area contributed by atoms with Crippen LogP contribution in [-0.4, -0.2) is 30.6 Å². The summed E-state index contributed by atoms with van der Waals surface area (Å²) in [6.45, 7) is 4.49. The molecule has 0 aliphatic carbocycles. The minimum Gasteiger partial charge on any atom is -0.308 e. The number of rotatable bonds is 3. The maximum atomic E-state index is 6.19. The Hall–Kier alpha value is -0.280. The molecule has 1 aromatic rings. The molecule has 3 heterocycles. The average Bonchev–Trinajstić information content (AvgIpc) is 2.39. The fourth-order valence-electron chi connectivity index (χ4n) is 3.13. The first-order valence-electron chi connectivity index (χ1n) is 6.62. The summed E-state index contributed by atoms with van der Waals surface area (Å²) in [5.74, 6) is 0.830. The van der Waals surface area contributed by atoms with E-state index in [9.17, 15) is 0 Å². The van der Waals surface area contributed by atoms with Gasteiger partial charge in [0.2, 0.25) is 0 Å².